The molecule has 0 spiro atoms. The number of rotatable bonds is 2. The second-order valence-electron chi connectivity index (χ2n) is 3.93. The first kappa shape index (κ1) is 11.4. The summed E-state index contributed by atoms with van der Waals surface area (Å²) in [4.78, 5) is 15.7. The molecule has 1 N–H and O–H groups in total. The van der Waals surface area contributed by atoms with E-state index in [2.05, 4.69) is 10.3 Å². The molecule has 1 aromatic heterocycles. The Labute approximate surface area is 107 Å². The number of hydrogen-bond donors (Lipinski definition) is 1. The van der Waals surface area contributed by atoms with Crippen molar-refractivity contribution >= 4 is 22.6 Å². The minimum atomic E-state index is -0.622. The Balaban J connectivity index is 2.11. The van der Waals surface area contributed by atoms with Gasteiger partial charge in [0, 0.05) is 5.69 Å². The minimum Gasteiger partial charge on any atom is -0.388 e. The molecular formula is C14H9FN2O2. The number of nitrogens with zero attached hydrogens (tertiary/aromatic N) is 1. The Morgan fingerprint density at radius 2 is 1.84 bits per heavy atom. The Morgan fingerprint density at radius 1 is 1.05 bits per heavy atom. The lowest BCUT2D eigenvalue weighted by atomic mass is 10.2. The number of para-hydroxylation sites is 2. The van der Waals surface area contributed by atoms with Crippen molar-refractivity contribution in [1.29, 1.82) is 0 Å². The highest BCUT2D eigenvalue weighted by Gasteiger charge is 2.09. The number of benzene rings is 2. The van der Waals surface area contributed by atoms with Crippen molar-refractivity contribution in [2.24, 2.45) is 0 Å². The van der Waals surface area contributed by atoms with Gasteiger partial charge >= 0.3 is 11.6 Å². The number of hydrogen-bond acceptors (Lipinski definition) is 4. The van der Waals surface area contributed by atoms with Crippen LogP contribution in [0.3, 0.4) is 0 Å². The molecule has 0 aliphatic heterocycles. The molecule has 4 nitrogen and oxygen atoms in total. The standard InChI is InChI=1S/C14H9FN2O2/c15-11-8-4-7-10-12(11)17-14(19-13(10)18)16-9-5-2-1-3-6-9/h1-8H,(H,16,17). The molecule has 0 aliphatic carbocycles. The van der Waals surface area contributed by atoms with Gasteiger partial charge in [0.1, 0.15) is 11.3 Å². The number of halogens is 1. The van der Waals surface area contributed by atoms with Gasteiger partial charge in [-0.25, -0.2) is 9.18 Å². The van der Waals surface area contributed by atoms with Gasteiger partial charge in [-0.2, -0.15) is 4.98 Å². The van der Waals surface area contributed by atoms with Crippen LogP contribution >= 0.6 is 0 Å². The van der Waals surface area contributed by atoms with Gasteiger partial charge in [0.15, 0.2) is 0 Å². The van der Waals surface area contributed by atoms with Gasteiger partial charge in [-0.15, -0.1) is 0 Å². The first-order chi connectivity index (χ1) is 9.24. The average molecular weight is 256 g/mol. The molecule has 0 radical (unpaired) electrons. The predicted molar refractivity (Wildman–Crippen MR) is 70.0 cm³/mol. The van der Waals surface area contributed by atoms with Gasteiger partial charge in [-0.3, -0.25) is 0 Å². The molecule has 5 heteroatoms. The van der Waals surface area contributed by atoms with E-state index in [4.69, 9.17) is 4.42 Å². The van der Waals surface area contributed by atoms with Crippen molar-refractivity contribution in [3.05, 3.63) is 64.8 Å². The maximum atomic E-state index is 13.6. The van der Waals surface area contributed by atoms with Crippen LogP contribution in [0.25, 0.3) is 10.9 Å². The Morgan fingerprint density at radius 3 is 2.63 bits per heavy atom. The van der Waals surface area contributed by atoms with Crippen LogP contribution < -0.4 is 10.9 Å². The molecule has 0 unspecified atom stereocenters. The summed E-state index contributed by atoms with van der Waals surface area (Å²) in [7, 11) is 0. The van der Waals surface area contributed by atoms with Crippen LogP contribution in [0.15, 0.2) is 57.7 Å². The Kier molecular flexibility index (Phi) is 2.72. The highest BCUT2D eigenvalue weighted by molar-refractivity contribution is 5.78. The summed E-state index contributed by atoms with van der Waals surface area (Å²) in [6.45, 7) is 0. The fraction of sp³-hybridized carbons (Fsp3) is 0. The van der Waals surface area contributed by atoms with Crippen molar-refractivity contribution in [2.75, 3.05) is 5.32 Å². The quantitative estimate of drug-likeness (QED) is 0.765. The van der Waals surface area contributed by atoms with Crippen LogP contribution in [0, 0.1) is 5.82 Å². The van der Waals surface area contributed by atoms with Crippen LogP contribution in [0.2, 0.25) is 0 Å². The summed E-state index contributed by atoms with van der Waals surface area (Å²) in [6, 6.07) is 13.2. The highest BCUT2D eigenvalue weighted by atomic mass is 19.1. The SMILES string of the molecule is O=c1oc(Nc2ccccc2)nc2c(F)cccc12. The van der Waals surface area contributed by atoms with E-state index in [0.717, 1.165) is 0 Å². The molecule has 0 saturated carbocycles. The van der Waals surface area contributed by atoms with Crippen molar-refractivity contribution in [1.82, 2.24) is 4.98 Å². The lowest BCUT2D eigenvalue weighted by Gasteiger charge is -2.04. The molecule has 0 atom stereocenters. The Hall–Kier alpha value is -2.69. The highest BCUT2D eigenvalue weighted by Crippen LogP contribution is 2.17. The third-order valence-corrected chi connectivity index (χ3v) is 2.63. The fourth-order valence-electron chi connectivity index (χ4n) is 1.76. The molecule has 0 bridgehead atoms. The summed E-state index contributed by atoms with van der Waals surface area (Å²) in [5.41, 5.74) is 0.0777. The smallest absolute Gasteiger partial charge is 0.348 e. The second-order valence-corrected chi connectivity index (χ2v) is 3.93. The largest absolute Gasteiger partial charge is 0.388 e. The zero-order valence-corrected chi connectivity index (χ0v) is 9.76. The van der Waals surface area contributed by atoms with E-state index >= 15 is 0 Å². The lowest BCUT2D eigenvalue weighted by molar-refractivity contribution is 0.519. The van der Waals surface area contributed by atoms with Crippen molar-refractivity contribution in [3.8, 4) is 0 Å². The van der Waals surface area contributed by atoms with Gasteiger partial charge < -0.3 is 9.73 Å². The van der Waals surface area contributed by atoms with E-state index in [9.17, 15) is 9.18 Å². The molecule has 3 rings (SSSR count). The number of aromatic nitrogens is 1. The van der Waals surface area contributed by atoms with Crippen LogP contribution in [0.1, 0.15) is 0 Å². The molecule has 0 fully saturated rings. The van der Waals surface area contributed by atoms with Crippen molar-refractivity contribution in [2.45, 2.75) is 0 Å². The molecule has 3 aromatic rings. The van der Waals surface area contributed by atoms with Crippen molar-refractivity contribution in [3.63, 3.8) is 0 Å². The number of anilines is 2. The van der Waals surface area contributed by atoms with Crippen LogP contribution in [-0.4, -0.2) is 4.98 Å². The average Bonchev–Trinajstić information content (AvgIpc) is 2.41. The topological polar surface area (TPSA) is 55.1 Å². The summed E-state index contributed by atoms with van der Waals surface area (Å²) >= 11 is 0. The third kappa shape index (κ3) is 2.18. The van der Waals surface area contributed by atoms with Gasteiger partial charge in [-0.1, -0.05) is 24.3 Å². The van der Waals surface area contributed by atoms with E-state index < -0.39 is 11.4 Å². The monoisotopic (exact) mass is 256 g/mol. The summed E-state index contributed by atoms with van der Waals surface area (Å²) in [5.74, 6) is -0.554. The first-order valence-corrected chi connectivity index (χ1v) is 5.65. The van der Waals surface area contributed by atoms with Gasteiger partial charge in [0.2, 0.25) is 0 Å². The van der Waals surface area contributed by atoms with Crippen LogP contribution in [0.4, 0.5) is 16.1 Å². The number of fused-ring (bicyclic) bond motifs is 1. The maximum Gasteiger partial charge on any atom is 0.348 e. The van der Waals surface area contributed by atoms with E-state index in [0.29, 0.717) is 5.69 Å². The molecule has 0 amide bonds. The lowest BCUT2D eigenvalue weighted by Crippen LogP contribution is -2.06. The van der Waals surface area contributed by atoms with Gasteiger partial charge in [0.25, 0.3) is 0 Å². The molecule has 0 saturated heterocycles. The number of nitrogens with one attached hydrogen (secondary N) is 1. The van der Waals surface area contributed by atoms with E-state index in [1.807, 2.05) is 18.2 Å². The summed E-state index contributed by atoms with van der Waals surface area (Å²) in [6.07, 6.45) is 0. The van der Waals surface area contributed by atoms with Crippen molar-refractivity contribution < 1.29 is 8.81 Å². The van der Waals surface area contributed by atoms with Crippen LogP contribution in [0.5, 0.6) is 0 Å². The summed E-state index contributed by atoms with van der Waals surface area (Å²) in [5, 5.41) is 2.94. The van der Waals surface area contributed by atoms with Crippen LogP contribution in [-0.2, 0) is 0 Å². The second kappa shape index (κ2) is 4.53. The zero-order chi connectivity index (χ0) is 13.2. The van der Waals surface area contributed by atoms with E-state index in [1.165, 1.54) is 18.2 Å². The van der Waals surface area contributed by atoms with E-state index in [1.54, 1.807) is 12.1 Å². The molecule has 2 aromatic carbocycles. The molecule has 94 valence electrons. The van der Waals surface area contributed by atoms with E-state index in [-0.39, 0.29) is 16.9 Å². The Bertz CT molecular complexity index is 784. The molecule has 1 heterocycles. The first-order valence-electron chi connectivity index (χ1n) is 5.65. The zero-order valence-electron chi connectivity index (χ0n) is 9.76. The normalized spacial score (nSPS) is 10.6. The molecule has 19 heavy (non-hydrogen) atoms. The third-order valence-electron chi connectivity index (χ3n) is 2.63. The molecular weight excluding hydrogens is 247 g/mol. The molecule has 0 aliphatic rings. The van der Waals surface area contributed by atoms with Gasteiger partial charge in [-0.05, 0) is 24.3 Å². The fourth-order valence-corrected chi connectivity index (χ4v) is 1.76. The maximum absolute atomic E-state index is 13.6. The van der Waals surface area contributed by atoms with Gasteiger partial charge in [0.05, 0.1) is 5.39 Å². The summed E-state index contributed by atoms with van der Waals surface area (Å²) < 4.78 is 18.6. The predicted octanol–water partition coefficient (Wildman–Crippen LogP) is 3.07. The minimum absolute atomic E-state index is 0.00261.